The third kappa shape index (κ3) is 2.76. The Hall–Kier alpha value is -2.74. The predicted molar refractivity (Wildman–Crippen MR) is 90.8 cm³/mol. The topological polar surface area (TPSA) is 80.5 Å². The number of hydrogen-bond acceptors (Lipinski definition) is 7. The molecule has 124 valence electrons. The highest BCUT2D eigenvalue weighted by molar-refractivity contribution is 5.62. The Morgan fingerprint density at radius 1 is 1.12 bits per heavy atom. The molecule has 0 radical (unpaired) electrons. The lowest BCUT2D eigenvalue weighted by molar-refractivity contribution is 0.122. The first-order valence-electron chi connectivity index (χ1n) is 7.95. The van der Waals surface area contributed by atoms with Crippen LogP contribution in [0.4, 0.5) is 17.3 Å². The molecule has 3 aromatic rings. The standard InChI is InChI=1S/C16H19N7O/c1-11-9-15(23-16(19-11)17-10-18-23)21-13-3-4-14(20-12(13)2)22-5-7-24-8-6-22/h3-4,9-10,21H,5-8H2,1-2H3. The van der Waals surface area contributed by atoms with E-state index in [9.17, 15) is 0 Å². The summed E-state index contributed by atoms with van der Waals surface area (Å²) in [6.07, 6.45) is 1.50. The lowest BCUT2D eigenvalue weighted by atomic mass is 10.2. The first-order valence-corrected chi connectivity index (χ1v) is 7.95. The molecule has 0 amide bonds. The highest BCUT2D eigenvalue weighted by Gasteiger charge is 2.14. The van der Waals surface area contributed by atoms with Gasteiger partial charge in [0.25, 0.3) is 5.78 Å². The SMILES string of the molecule is Cc1cc(Nc2ccc(N3CCOCC3)nc2C)n2ncnc2n1. The number of morpholine rings is 1. The zero-order chi connectivity index (χ0) is 16.5. The van der Waals surface area contributed by atoms with E-state index in [-0.39, 0.29) is 0 Å². The number of ether oxygens (including phenoxy) is 1. The van der Waals surface area contributed by atoms with Gasteiger partial charge in [-0.05, 0) is 26.0 Å². The van der Waals surface area contributed by atoms with Crippen molar-refractivity contribution in [1.29, 1.82) is 0 Å². The molecule has 3 aromatic heterocycles. The number of nitrogens with zero attached hydrogens (tertiary/aromatic N) is 6. The molecule has 1 saturated heterocycles. The summed E-state index contributed by atoms with van der Waals surface area (Å²) in [5, 5.41) is 7.60. The van der Waals surface area contributed by atoms with Gasteiger partial charge in [0.2, 0.25) is 0 Å². The van der Waals surface area contributed by atoms with Gasteiger partial charge in [-0.25, -0.2) is 9.97 Å². The Morgan fingerprint density at radius 3 is 2.75 bits per heavy atom. The van der Waals surface area contributed by atoms with E-state index in [1.165, 1.54) is 6.33 Å². The fourth-order valence-electron chi connectivity index (χ4n) is 2.81. The summed E-state index contributed by atoms with van der Waals surface area (Å²) in [4.78, 5) is 15.5. The van der Waals surface area contributed by atoms with Crippen molar-refractivity contribution in [2.24, 2.45) is 0 Å². The van der Waals surface area contributed by atoms with Gasteiger partial charge in [-0.1, -0.05) is 0 Å². The van der Waals surface area contributed by atoms with E-state index in [2.05, 4.69) is 25.3 Å². The van der Waals surface area contributed by atoms with Crippen molar-refractivity contribution in [2.45, 2.75) is 13.8 Å². The lowest BCUT2D eigenvalue weighted by Crippen LogP contribution is -2.36. The zero-order valence-electron chi connectivity index (χ0n) is 13.7. The number of fused-ring (bicyclic) bond motifs is 1. The average molecular weight is 325 g/mol. The first kappa shape index (κ1) is 14.8. The van der Waals surface area contributed by atoms with Gasteiger partial charge in [-0.2, -0.15) is 14.6 Å². The van der Waals surface area contributed by atoms with Gasteiger partial charge in [-0.3, -0.25) is 0 Å². The molecule has 0 aromatic carbocycles. The van der Waals surface area contributed by atoms with Crippen LogP contribution in [0.1, 0.15) is 11.4 Å². The lowest BCUT2D eigenvalue weighted by Gasteiger charge is -2.28. The monoisotopic (exact) mass is 325 g/mol. The average Bonchev–Trinajstić information content (AvgIpc) is 3.06. The number of nitrogens with one attached hydrogen (secondary N) is 1. The normalized spacial score (nSPS) is 15.0. The molecule has 4 heterocycles. The molecule has 0 spiro atoms. The second-order valence-electron chi connectivity index (χ2n) is 5.78. The molecule has 24 heavy (non-hydrogen) atoms. The molecule has 0 unspecified atom stereocenters. The Kier molecular flexibility index (Phi) is 3.73. The second-order valence-corrected chi connectivity index (χ2v) is 5.78. The van der Waals surface area contributed by atoms with Crippen LogP contribution in [-0.4, -0.2) is 50.9 Å². The van der Waals surface area contributed by atoms with Crippen molar-refractivity contribution in [3.8, 4) is 0 Å². The van der Waals surface area contributed by atoms with Crippen LogP contribution in [0.15, 0.2) is 24.5 Å². The summed E-state index contributed by atoms with van der Waals surface area (Å²) in [7, 11) is 0. The third-order valence-electron chi connectivity index (χ3n) is 4.05. The number of hydrogen-bond donors (Lipinski definition) is 1. The Morgan fingerprint density at radius 2 is 1.96 bits per heavy atom. The minimum absolute atomic E-state index is 0.577. The van der Waals surface area contributed by atoms with E-state index in [0.29, 0.717) is 5.78 Å². The van der Waals surface area contributed by atoms with E-state index in [0.717, 1.165) is 55.0 Å². The number of pyridine rings is 1. The summed E-state index contributed by atoms with van der Waals surface area (Å²) in [6, 6.07) is 6.02. The van der Waals surface area contributed by atoms with E-state index in [1.54, 1.807) is 4.52 Å². The van der Waals surface area contributed by atoms with Crippen LogP contribution in [0.2, 0.25) is 0 Å². The molecule has 4 rings (SSSR count). The van der Waals surface area contributed by atoms with Crippen LogP contribution in [0.5, 0.6) is 0 Å². The van der Waals surface area contributed by atoms with Gasteiger partial charge in [-0.15, -0.1) is 0 Å². The Balaban J connectivity index is 1.63. The smallest absolute Gasteiger partial charge is 0.254 e. The van der Waals surface area contributed by atoms with Crippen LogP contribution in [0.3, 0.4) is 0 Å². The summed E-state index contributed by atoms with van der Waals surface area (Å²) >= 11 is 0. The molecule has 0 aliphatic carbocycles. The van der Waals surface area contributed by atoms with Crippen LogP contribution in [0.25, 0.3) is 5.78 Å². The van der Waals surface area contributed by atoms with Gasteiger partial charge >= 0.3 is 0 Å². The molecule has 1 fully saturated rings. The molecule has 0 saturated carbocycles. The van der Waals surface area contributed by atoms with Gasteiger partial charge in [0.15, 0.2) is 0 Å². The number of rotatable bonds is 3. The highest BCUT2D eigenvalue weighted by Crippen LogP contribution is 2.23. The maximum atomic E-state index is 5.40. The van der Waals surface area contributed by atoms with Crippen molar-refractivity contribution in [3.05, 3.63) is 35.9 Å². The largest absolute Gasteiger partial charge is 0.378 e. The Bertz CT molecular complexity index is 870. The Labute approximate surface area is 139 Å². The fourth-order valence-corrected chi connectivity index (χ4v) is 2.81. The van der Waals surface area contributed by atoms with Gasteiger partial charge in [0, 0.05) is 24.8 Å². The fraction of sp³-hybridized carbons (Fsp3) is 0.375. The number of aryl methyl sites for hydroxylation is 2. The number of aromatic nitrogens is 5. The van der Waals surface area contributed by atoms with Crippen molar-refractivity contribution < 1.29 is 4.74 Å². The van der Waals surface area contributed by atoms with E-state index in [4.69, 9.17) is 9.72 Å². The molecular formula is C16H19N7O. The predicted octanol–water partition coefficient (Wildman–Crippen LogP) is 1.72. The van der Waals surface area contributed by atoms with Crippen molar-refractivity contribution >= 4 is 23.1 Å². The van der Waals surface area contributed by atoms with Gasteiger partial charge in [0.1, 0.15) is 18.0 Å². The highest BCUT2D eigenvalue weighted by atomic mass is 16.5. The van der Waals surface area contributed by atoms with E-state index >= 15 is 0 Å². The molecular weight excluding hydrogens is 306 g/mol. The van der Waals surface area contributed by atoms with Gasteiger partial charge in [0.05, 0.1) is 24.6 Å². The maximum Gasteiger partial charge on any atom is 0.254 e. The van der Waals surface area contributed by atoms with Crippen molar-refractivity contribution in [1.82, 2.24) is 24.6 Å². The molecule has 1 N–H and O–H groups in total. The quantitative estimate of drug-likeness (QED) is 0.785. The molecule has 8 heteroatoms. The van der Waals surface area contributed by atoms with Crippen molar-refractivity contribution in [3.63, 3.8) is 0 Å². The van der Waals surface area contributed by atoms with Crippen molar-refractivity contribution in [2.75, 3.05) is 36.5 Å². The minimum atomic E-state index is 0.577. The van der Waals surface area contributed by atoms with E-state index in [1.807, 2.05) is 32.0 Å². The molecule has 1 aliphatic rings. The summed E-state index contributed by atoms with van der Waals surface area (Å²) < 4.78 is 7.08. The molecule has 1 aliphatic heterocycles. The number of anilines is 3. The summed E-state index contributed by atoms with van der Waals surface area (Å²) in [5.74, 6) is 2.38. The van der Waals surface area contributed by atoms with Crippen LogP contribution >= 0.6 is 0 Å². The van der Waals surface area contributed by atoms with Crippen LogP contribution in [0, 0.1) is 13.8 Å². The summed E-state index contributed by atoms with van der Waals surface area (Å²) in [6.45, 7) is 7.19. The summed E-state index contributed by atoms with van der Waals surface area (Å²) in [5.41, 5.74) is 2.75. The molecule has 0 bridgehead atoms. The van der Waals surface area contributed by atoms with E-state index < -0.39 is 0 Å². The first-order chi connectivity index (χ1) is 11.7. The minimum Gasteiger partial charge on any atom is -0.378 e. The second kappa shape index (κ2) is 6.04. The molecule has 0 atom stereocenters. The van der Waals surface area contributed by atoms with Crippen LogP contribution < -0.4 is 10.2 Å². The molecule has 8 nitrogen and oxygen atoms in total. The van der Waals surface area contributed by atoms with Crippen LogP contribution in [-0.2, 0) is 4.74 Å². The maximum absolute atomic E-state index is 5.40. The third-order valence-corrected chi connectivity index (χ3v) is 4.05. The zero-order valence-corrected chi connectivity index (χ0v) is 13.7. The van der Waals surface area contributed by atoms with Gasteiger partial charge < -0.3 is 15.0 Å².